The number of nitrogens with zero attached hydrogens (tertiary/aromatic N) is 1. The zero-order valence-corrected chi connectivity index (χ0v) is 15.2. The summed E-state index contributed by atoms with van der Waals surface area (Å²) in [6.45, 7) is 3.86. The van der Waals surface area contributed by atoms with Crippen LogP contribution in [0.2, 0.25) is 0 Å². The summed E-state index contributed by atoms with van der Waals surface area (Å²) < 4.78 is 5.64. The van der Waals surface area contributed by atoms with Gasteiger partial charge in [0.1, 0.15) is 11.5 Å². The average Bonchev–Trinajstić information content (AvgIpc) is 2.66. The van der Waals surface area contributed by atoms with Gasteiger partial charge < -0.3 is 20.5 Å². The van der Waals surface area contributed by atoms with E-state index in [0.29, 0.717) is 17.3 Å². The molecule has 3 rings (SSSR count). The van der Waals surface area contributed by atoms with Crippen molar-refractivity contribution in [3.05, 3.63) is 71.9 Å². The van der Waals surface area contributed by atoms with Gasteiger partial charge in [0.15, 0.2) is 12.4 Å². The van der Waals surface area contributed by atoms with Crippen molar-refractivity contribution >= 4 is 23.1 Å². The van der Waals surface area contributed by atoms with Crippen molar-refractivity contribution in [2.24, 2.45) is 0 Å². The number of nitrogens with one attached hydrogen (secondary N) is 2. The average molecular weight is 363 g/mol. The Labute approximate surface area is 157 Å². The quantitative estimate of drug-likeness (QED) is 0.573. The number of aromatic hydroxyl groups is 1. The van der Waals surface area contributed by atoms with Gasteiger partial charge in [-0.2, -0.15) is 0 Å². The number of ether oxygens (including phenoxy) is 1. The van der Waals surface area contributed by atoms with Crippen molar-refractivity contribution in [1.82, 2.24) is 4.98 Å². The number of phenols is 1. The topological polar surface area (TPSA) is 83.5 Å². The largest absolute Gasteiger partial charge is 0.508 e. The van der Waals surface area contributed by atoms with Crippen LogP contribution in [-0.2, 0) is 4.79 Å². The molecule has 6 nitrogen and oxygen atoms in total. The van der Waals surface area contributed by atoms with Crippen LogP contribution in [0.5, 0.6) is 11.5 Å². The second-order valence-corrected chi connectivity index (χ2v) is 6.11. The lowest BCUT2D eigenvalue weighted by molar-refractivity contribution is -0.118. The van der Waals surface area contributed by atoms with E-state index in [1.54, 1.807) is 42.6 Å². The third-order valence-corrected chi connectivity index (χ3v) is 4.13. The Morgan fingerprint density at radius 2 is 1.85 bits per heavy atom. The highest BCUT2D eigenvalue weighted by Crippen LogP contribution is 2.24. The molecule has 0 aliphatic rings. The minimum absolute atomic E-state index is 0.0994. The predicted octanol–water partition coefficient (Wildman–Crippen LogP) is 4.17. The summed E-state index contributed by atoms with van der Waals surface area (Å²) in [5.41, 5.74) is 3.41. The number of benzene rings is 2. The molecule has 0 fully saturated rings. The van der Waals surface area contributed by atoms with Crippen LogP contribution in [0.4, 0.5) is 17.2 Å². The van der Waals surface area contributed by atoms with Gasteiger partial charge in [0.05, 0.1) is 5.69 Å². The van der Waals surface area contributed by atoms with Crippen LogP contribution in [0.25, 0.3) is 0 Å². The summed E-state index contributed by atoms with van der Waals surface area (Å²) in [5, 5.41) is 15.3. The summed E-state index contributed by atoms with van der Waals surface area (Å²) in [4.78, 5) is 16.6. The molecular formula is C21H21N3O3. The highest BCUT2D eigenvalue weighted by molar-refractivity contribution is 5.95. The zero-order valence-electron chi connectivity index (χ0n) is 15.2. The smallest absolute Gasteiger partial charge is 0.262 e. The molecule has 0 aliphatic carbocycles. The maximum atomic E-state index is 12.3. The summed E-state index contributed by atoms with van der Waals surface area (Å²) in [5.74, 6) is 1.10. The molecule has 0 saturated carbocycles. The number of amides is 1. The first kappa shape index (κ1) is 18.3. The van der Waals surface area contributed by atoms with Crippen molar-refractivity contribution in [3.63, 3.8) is 0 Å². The second kappa shape index (κ2) is 8.23. The lowest BCUT2D eigenvalue weighted by atomic mass is 10.1. The van der Waals surface area contributed by atoms with E-state index in [1.807, 2.05) is 32.0 Å². The molecule has 138 valence electrons. The molecule has 6 heteroatoms. The van der Waals surface area contributed by atoms with Gasteiger partial charge in [0, 0.05) is 11.9 Å². The fourth-order valence-corrected chi connectivity index (χ4v) is 2.50. The van der Waals surface area contributed by atoms with Gasteiger partial charge in [-0.3, -0.25) is 4.79 Å². The zero-order chi connectivity index (χ0) is 19.2. The van der Waals surface area contributed by atoms with Crippen molar-refractivity contribution in [2.45, 2.75) is 13.8 Å². The number of carbonyl (C=O) groups excluding carboxylic acids is 1. The third kappa shape index (κ3) is 4.76. The van der Waals surface area contributed by atoms with Gasteiger partial charge in [-0.15, -0.1) is 0 Å². The maximum absolute atomic E-state index is 12.3. The predicted molar refractivity (Wildman–Crippen MR) is 106 cm³/mol. The molecule has 3 N–H and O–H groups in total. The number of aromatic nitrogens is 1. The van der Waals surface area contributed by atoms with E-state index in [2.05, 4.69) is 15.6 Å². The fourth-order valence-electron chi connectivity index (χ4n) is 2.50. The standard InChI is InChI=1S/C21H21N3O3/c1-14-5-3-7-19(15(14)2)27-13-20(26)24-18-6-4-12-22-21(18)23-16-8-10-17(25)11-9-16/h3-12,25H,13H2,1-2H3,(H,22,23)(H,24,26). The summed E-state index contributed by atoms with van der Waals surface area (Å²) >= 11 is 0. The number of phenolic OH excluding ortho intramolecular Hbond substituents is 1. The Bertz CT molecular complexity index is 940. The molecule has 0 radical (unpaired) electrons. The van der Waals surface area contributed by atoms with E-state index < -0.39 is 0 Å². The highest BCUT2D eigenvalue weighted by atomic mass is 16.5. The number of hydrogen-bond donors (Lipinski definition) is 3. The van der Waals surface area contributed by atoms with Gasteiger partial charge in [0.2, 0.25) is 0 Å². The van der Waals surface area contributed by atoms with Crippen LogP contribution < -0.4 is 15.4 Å². The maximum Gasteiger partial charge on any atom is 0.262 e. The Morgan fingerprint density at radius 1 is 1.07 bits per heavy atom. The number of aryl methyl sites for hydroxylation is 1. The van der Waals surface area contributed by atoms with Crippen molar-refractivity contribution in [2.75, 3.05) is 17.2 Å². The first-order chi connectivity index (χ1) is 13.0. The van der Waals surface area contributed by atoms with Crippen molar-refractivity contribution in [1.29, 1.82) is 0 Å². The monoisotopic (exact) mass is 363 g/mol. The summed E-state index contributed by atoms with van der Waals surface area (Å²) in [6.07, 6.45) is 1.63. The Kier molecular flexibility index (Phi) is 5.56. The van der Waals surface area contributed by atoms with Gasteiger partial charge >= 0.3 is 0 Å². The fraction of sp³-hybridized carbons (Fsp3) is 0.143. The minimum atomic E-state index is -0.280. The molecule has 3 aromatic rings. The normalized spacial score (nSPS) is 10.3. The number of hydrogen-bond acceptors (Lipinski definition) is 5. The van der Waals surface area contributed by atoms with Crippen LogP contribution in [-0.4, -0.2) is 22.6 Å². The molecule has 0 unspecified atom stereocenters. The van der Waals surface area contributed by atoms with E-state index in [4.69, 9.17) is 4.74 Å². The Morgan fingerprint density at radius 3 is 2.63 bits per heavy atom. The van der Waals surface area contributed by atoms with Crippen LogP contribution in [0, 0.1) is 13.8 Å². The number of anilines is 3. The summed E-state index contributed by atoms with van der Waals surface area (Å²) in [6, 6.07) is 15.8. The molecule has 1 aromatic heterocycles. The van der Waals surface area contributed by atoms with Crippen LogP contribution in [0.1, 0.15) is 11.1 Å². The molecule has 1 heterocycles. The number of carbonyl (C=O) groups is 1. The number of rotatable bonds is 6. The van der Waals surface area contributed by atoms with Crippen molar-refractivity contribution in [3.8, 4) is 11.5 Å². The van der Waals surface area contributed by atoms with E-state index in [-0.39, 0.29) is 18.3 Å². The molecule has 0 saturated heterocycles. The molecule has 0 aliphatic heterocycles. The van der Waals surface area contributed by atoms with E-state index in [0.717, 1.165) is 16.8 Å². The van der Waals surface area contributed by atoms with Gasteiger partial charge in [-0.05, 0) is 67.4 Å². The SMILES string of the molecule is Cc1cccc(OCC(=O)Nc2cccnc2Nc2ccc(O)cc2)c1C. The molecule has 0 atom stereocenters. The van der Waals surface area contributed by atoms with Gasteiger partial charge in [-0.25, -0.2) is 4.98 Å². The lowest BCUT2D eigenvalue weighted by Gasteiger charge is -2.13. The van der Waals surface area contributed by atoms with Crippen molar-refractivity contribution < 1.29 is 14.6 Å². The molecule has 0 spiro atoms. The Hall–Kier alpha value is -3.54. The summed E-state index contributed by atoms with van der Waals surface area (Å²) in [7, 11) is 0. The van der Waals surface area contributed by atoms with Crippen LogP contribution in [0.3, 0.4) is 0 Å². The second-order valence-electron chi connectivity index (χ2n) is 6.11. The first-order valence-electron chi connectivity index (χ1n) is 8.53. The Balaban J connectivity index is 1.65. The first-order valence-corrected chi connectivity index (χ1v) is 8.53. The molecule has 27 heavy (non-hydrogen) atoms. The lowest BCUT2D eigenvalue weighted by Crippen LogP contribution is -2.21. The van der Waals surface area contributed by atoms with E-state index >= 15 is 0 Å². The molecular weight excluding hydrogens is 342 g/mol. The van der Waals surface area contributed by atoms with Crippen LogP contribution >= 0.6 is 0 Å². The third-order valence-electron chi connectivity index (χ3n) is 4.13. The molecule has 2 aromatic carbocycles. The highest BCUT2D eigenvalue weighted by Gasteiger charge is 2.10. The number of pyridine rings is 1. The molecule has 0 bridgehead atoms. The van der Waals surface area contributed by atoms with E-state index in [9.17, 15) is 9.90 Å². The molecule has 1 amide bonds. The minimum Gasteiger partial charge on any atom is -0.508 e. The van der Waals surface area contributed by atoms with E-state index in [1.165, 1.54) is 0 Å². The van der Waals surface area contributed by atoms with Gasteiger partial charge in [0.25, 0.3) is 5.91 Å². The van der Waals surface area contributed by atoms with Gasteiger partial charge in [-0.1, -0.05) is 12.1 Å². The van der Waals surface area contributed by atoms with Crippen LogP contribution in [0.15, 0.2) is 60.8 Å².